The van der Waals surface area contributed by atoms with Crippen LogP contribution >= 0.6 is 14.3 Å². The summed E-state index contributed by atoms with van der Waals surface area (Å²) in [5, 5.41) is 21.0. The summed E-state index contributed by atoms with van der Waals surface area (Å²) in [5.74, 6) is -4.16. The van der Waals surface area contributed by atoms with Crippen molar-refractivity contribution < 1.29 is 57.6 Å². The topological polar surface area (TPSA) is 202 Å². The van der Waals surface area contributed by atoms with Gasteiger partial charge in [0.2, 0.25) is 25.3 Å². The highest BCUT2D eigenvalue weighted by Crippen LogP contribution is 2.49. The number of hydrogen-bond donors (Lipinski definition) is 2. The van der Waals surface area contributed by atoms with Crippen molar-refractivity contribution >= 4 is 70.4 Å². The van der Waals surface area contributed by atoms with E-state index in [1.54, 1.807) is 175 Å². The molecule has 6 aromatic carbocycles. The Morgan fingerprint density at radius 2 is 0.708 bits per heavy atom. The van der Waals surface area contributed by atoms with Crippen LogP contribution < -0.4 is 21.2 Å². The number of esters is 2. The van der Waals surface area contributed by atoms with Crippen molar-refractivity contribution in [3.63, 3.8) is 0 Å². The third kappa shape index (κ3) is 12.3. The normalized spacial score (nSPS) is 11.6. The highest BCUT2D eigenvalue weighted by molar-refractivity contribution is 7.94. The molecule has 0 aliphatic heterocycles. The van der Waals surface area contributed by atoms with E-state index in [4.69, 9.17) is 9.47 Å². The number of carbonyl (C=O) groups is 6. The van der Waals surface area contributed by atoms with Crippen molar-refractivity contribution in [1.82, 2.24) is 9.80 Å². The minimum atomic E-state index is -3.88. The molecule has 0 amide bonds. The van der Waals surface area contributed by atoms with Crippen molar-refractivity contribution in [1.29, 1.82) is 0 Å². The van der Waals surface area contributed by atoms with Crippen molar-refractivity contribution in [3.8, 4) is 0 Å². The van der Waals surface area contributed by atoms with Gasteiger partial charge in [-0.1, -0.05) is 133 Å². The van der Waals surface area contributed by atoms with Gasteiger partial charge in [-0.3, -0.25) is 38.6 Å². The number of aliphatic carboxylic acids is 2. The number of aryl methyl sites for hydroxylation is 4. The molecule has 0 bridgehead atoms. The molecule has 6 aromatic rings. The summed E-state index contributed by atoms with van der Waals surface area (Å²) in [6.07, 6.45) is 0. The molecule has 0 saturated heterocycles. The molecule has 72 heavy (non-hydrogen) atoms. The van der Waals surface area contributed by atoms with Gasteiger partial charge >= 0.3 is 23.9 Å². The van der Waals surface area contributed by atoms with Crippen LogP contribution in [0, 0.1) is 41.5 Å². The number of rotatable bonds is 23. The van der Waals surface area contributed by atoms with Crippen molar-refractivity contribution in [3.05, 3.63) is 189 Å². The molecule has 0 heterocycles. The van der Waals surface area contributed by atoms with Crippen LogP contribution in [-0.4, -0.2) is 94.2 Å². The lowest BCUT2D eigenvalue weighted by molar-refractivity contribution is -0.150. The molecular weight excluding hydrogens is 955 g/mol. The second kappa shape index (κ2) is 23.9. The van der Waals surface area contributed by atoms with Crippen molar-refractivity contribution in [2.45, 2.75) is 54.8 Å². The minimum Gasteiger partial charge on any atom is -0.480 e. The zero-order valence-corrected chi connectivity index (χ0v) is 42.9. The average molecular weight is 1010 g/mol. The maximum absolute atomic E-state index is 15.0. The lowest BCUT2D eigenvalue weighted by atomic mass is 9.94. The van der Waals surface area contributed by atoms with Gasteiger partial charge in [-0.2, -0.15) is 0 Å². The lowest BCUT2D eigenvalue weighted by Gasteiger charge is -2.25. The first-order chi connectivity index (χ1) is 34.3. The Morgan fingerprint density at radius 3 is 0.972 bits per heavy atom. The quantitative estimate of drug-likeness (QED) is 0.0475. The first kappa shape index (κ1) is 54.3. The number of carboxylic acids is 2. The molecule has 0 unspecified atom stereocenters. The highest BCUT2D eigenvalue weighted by Gasteiger charge is 2.40. The van der Waals surface area contributed by atoms with Crippen LogP contribution in [-0.2, 0) is 51.0 Å². The van der Waals surface area contributed by atoms with Gasteiger partial charge in [-0.15, -0.1) is 0 Å². The Bertz CT molecular complexity index is 2800. The number of hydrogen-bond acceptors (Lipinski definition) is 12. The van der Waals surface area contributed by atoms with Gasteiger partial charge in [-0.25, -0.2) is 0 Å². The van der Waals surface area contributed by atoms with Crippen molar-refractivity contribution in [2.24, 2.45) is 0 Å². The maximum Gasteiger partial charge on any atom is 0.320 e. The first-order valence-electron chi connectivity index (χ1n) is 23.2. The van der Waals surface area contributed by atoms with Crippen LogP contribution in [0.25, 0.3) is 0 Å². The minimum absolute atomic E-state index is 0.165. The van der Waals surface area contributed by atoms with E-state index >= 15 is 9.13 Å². The summed E-state index contributed by atoms with van der Waals surface area (Å²) in [5.41, 5.74) is 3.94. The number of carbonyl (C=O) groups excluding carboxylic acids is 4. The summed E-state index contributed by atoms with van der Waals surface area (Å²) >= 11 is 0. The van der Waals surface area contributed by atoms with E-state index in [9.17, 15) is 39.0 Å². The maximum atomic E-state index is 15.0. The monoisotopic (exact) mass is 1010 g/mol. The van der Waals surface area contributed by atoms with E-state index in [1.165, 1.54) is 9.80 Å². The molecular formula is C56H58N2O12P2. The summed E-state index contributed by atoms with van der Waals surface area (Å²) in [4.78, 5) is 82.4. The van der Waals surface area contributed by atoms with Crippen LogP contribution in [0.15, 0.2) is 133 Å². The fourth-order valence-electron chi connectivity index (χ4n) is 9.04. The van der Waals surface area contributed by atoms with E-state index in [0.29, 0.717) is 65.7 Å². The lowest BCUT2D eigenvalue weighted by Crippen LogP contribution is -2.43. The van der Waals surface area contributed by atoms with Crippen LogP contribution in [0.5, 0.6) is 0 Å². The van der Waals surface area contributed by atoms with E-state index in [-0.39, 0.29) is 37.4 Å². The Kier molecular flexibility index (Phi) is 18.0. The summed E-state index contributed by atoms with van der Waals surface area (Å²) < 4.78 is 41.4. The molecule has 6 rings (SSSR count). The molecule has 374 valence electrons. The summed E-state index contributed by atoms with van der Waals surface area (Å²) in [6.45, 7) is 7.34. The standard InChI is InChI=1S/C56H58N2O12P2/c1-37-29-39(3)53(55(65)71(67,43-19-11-7-12-20-43)44-21-13-8-14-22-44)41(5)47(37)35-69-51(63)33-57(31-49(59)60)27-28-58(32-50(61)62)34-52(64)70-36-48-38(2)30-40(4)54(42(48)6)56(66)72(68,45-23-15-9-16-24-45)46-25-17-10-18-26-46/h7-26,29-30H,27-28,31-36H2,1-6H3,(H,59,60)(H,61,62). The van der Waals surface area contributed by atoms with Crippen molar-refractivity contribution in [2.75, 3.05) is 39.3 Å². The first-order valence-corrected chi connectivity index (χ1v) is 26.6. The van der Waals surface area contributed by atoms with Gasteiger partial charge in [0.1, 0.15) is 13.2 Å². The molecule has 0 aliphatic carbocycles. The number of carboxylic acid groups (broad SMARTS) is 2. The van der Waals surface area contributed by atoms with Crippen LogP contribution in [0.1, 0.15) is 65.2 Å². The molecule has 0 aromatic heterocycles. The predicted octanol–water partition coefficient (Wildman–Crippen LogP) is 7.41. The predicted molar refractivity (Wildman–Crippen MR) is 277 cm³/mol. The Morgan fingerprint density at radius 1 is 0.431 bits per heavy atom. The highest BCUT2D eigenvalue weighted by atomic mass is 31.2. The molecule has 0 aliphatic rings. The van der Waals surface area contributed by atoms with Gasteiger partial charge in [0.05, 0.1) is 26.2 Å². The average Bonchev–Trinajstić information content (AvgIpc) is 3.35. The Balaban J connectivity index is 1.14. The molecule has 14 nitrogen and oxygen atoms in total. The van der Waals surface area contributed by atoms with E-state index in [2.05, 4.69) is 0 Å². The molecule has 0 saturated carbocycles. The molecule has 16 heteroatoms. The number of benzene rings is 6. The SMILES string of the molecule is Cc1cc(C)c(C(=O)P(=O)(c2ccccc2)c2ccccc2)c(C)c1COC(=O)CN(CCN(CC(=O)O)CC(=O)OCc1c(C)cc(C)c(C(=O)P(=O)(c2ccccc2)c2ccccc2)c1C)CC(=O)O. The fraction of sp³-hybridized carbons (Fsp3) is 0.250. The van der Waals surface area contributed by atoms with Gasteiger partial charge < -0.3 is 28.8 Å². The Labute approximate surface area is 419 Å². The fourth-order valence-corrected chi connectivity index (χ4v) is 14.3. The molecule has 0 spiro atoms. The van der Waals surface area contributed by atoms with Crippen LogP contribution in [0.2, 0.25) is 0 Å². The van der Waals surface area contributed by atoms with Gasteiger partial charge in [0.15, 0.2) is 0 Å². The van der Waals surface area contributed by atoms with Crippen LogP contribution in [0.4, 0.5) is 0 Å². The number of ether oxygens (including phenoxy) is 2. The zero-order chi connectivity index (χ0) is 52.3. The summed E-state index contributed by atoms with van der Waals surface area (Å²) in [7, 11) is -7.76. The number of nitrogens with zero attached hydrogens (tertiary/aromatic N) is 2. The van der Waals surface area contributed by atoms with Gasteiger partial charge in [0, 0.05) is 45.4 Å². The molecule has 0 radical (unpaired) electrons. The second-order valence-corrected chi connectivity index (χ2v) is 23.0. The third-order valence-corrected chi connectivity index (χ3v) is 18.3. The zero-order valence-electron chi connectivity index (χ0n) is 41.1. The summed E-state index contributed by atoms with van der Waals surface area (Å²) in [6, 6.07) is 37.7. The largest absolute Gasteiger partial charge is 0.480 e. The van der Waals surface area contributed by atoms with Crippen LogP contribution in [0.3, 0.4) is 0 Å². The third-order valence-electron chi connectivity index (χ3n) is 12.7. The Hall–Kier alpha value is -7.08. The smallest absolute Gasteiger partial charge is 0.320 e. The van der Waals surface area contributed by atoms with E-state index in [0.717, 1.165) is 0 Å². The van der Waals surface area contributed by atoms with E-state index in [1.807, 2.05) is 0 Å². The second-order valence-electron chi connectivity index (χ2n) is 17.7. The van der Waals surface area contributed by atoms with Gasteiger partial charge in [-0.05, 0) is 86.1 Å². The van der Waals surface area contributed by atoms with E-state index < -0.39 is 75.4 Å². The van der Waals surface area contributed by atoms with Gasteiger partial charge in [0.25, 0.3) is 0 Å². The molecule has 2 N–H and O–H groups in total. The molecule has 0 fully saturated rings. The molecule has 0 atom stereocenters.